The molecule has 0 aliphatic rings. The maximum atomic E-state index is 11.9. The van der Waals surface area contributed by atoms with Gasteiger partial charge in [0.05, 0.1) is 0 Å². The smallest absolute Gasteiger partial charge is 0.443 e. The molecule has 14 heavy (non-hydrogen) atoms. The van der Waals surface area contributed by atoms with Crippen LogP contribution in [0.25, 0.3) is 0 Å². The molecule has 0 spiro atoms. The van der Waals surface area contributed by atoms with Gasteiger partial charge in [-0.1, -0.05) is 11.6 Å². The molecule has 0 aliphatic carbocycles. The molecule has 0 aromatic carbocycles. The van der Waals surface area contributed by atoms with E-state index in [9.17, 15) is 17.7 Å². The Kier molecular flexibility index (Phi) is 5.86. The van der Waals surface area contributed by atoms with Crippen molar-refractivity contribution in [1.82, 2.24) is 4.98 Å². The van der Waals surface area contributed by atoms with Crippen LogP contribution in [0, 0.1) is 0 Å². The van der Waals surface area contributed by atoms with Crippen LogP contribution in [0.5, 0.6) is 0 Å². The van der Waals surface area contributed by atoms with Gasteiger partial charge < -0.3 is 17.7 Å². The fourth-order valence-corrected chi connectivity index (χ4v) is 0.919. The normalized spacial score (nSPS) is 10.6. The fraction of sp³-hybridized carbons (Fsp3) is 0. The van der Waals surface area contributed by atoms with Crippen LogP contribution >= 0.6 is 11.6 Å². The molecule has 1 aromatic heterocycles. The zero-order chi connectivity index (χ0) is 10.1. The molecular weight excluding hydrogens is 244 g/mol. The maximum Gasteiger partial charge on any atom is 1.00 e. The van der Waals surface area contributed by atoms with E-state index in [-0.39, 0.29) is 56.5 Å². The molecule has 70 valence electrons. The fourth-order valence-electron chi connectivity index (χ4n) is 0.745. The van der Waals surface area contributed by atoms with Crippen LogP contribution in [-0.4, -0.2) is 17.6 Å². The summed E-state index contributed by atoms with van der Waals surface area (Å²) in [6, 6.07) is 1.86. The first-order chi connectivity index (χ1) is 5.91. The first-order valence-corrected chi connectivity index (χ1v) is 3.65. The number of hydrogen-bond donors (Lipinski definition) is 0. The van der Waals surface area contributed by atoms with Crippen LogP contribution < -0.4 is 51.4 Å². The van der Waals surface area contributed by atoms with Crippen LogP contribution in [0.3, 0.4) is 0 Å². The summed E-state index contributed by atoms with van der Waals surface area (Å²) in [5.74, 6) is 0. The third-order valence-corrected chi connectivity index (χ3v) is 1.52. The second-order valence-corrected chi connectivity index (χ2v) is 2.69. The van der Waals surface area contributed by atoms with Crippen molar-refractivity contribution >= 4 is 24.3 Å². The number of nitrogens with zero attached hydrogens (tertiary/aromatic N) is 1. The Hall–Kier alpha value is 0.601. The van der Waals surface area contributed by atoms with Crippen molar-refractivity contribution in [3.05, 3.63) is 29.0 Å². The Morgan fingerprint density at radius 1 is 1.43 bits per heavy atom. The summed E-state index contributed by atoms with van der Waals surface area (Å²) in [7, 11) is 0. The molecule has 2 nitrogen and oxygen atoms in total. The number of pyridine rings is 1. The van der Waals surface area contributed by atoms with Gasteiger partial charge in [0.2, 0.25) is 0 Å². The van der Waals surface area contributed by atoms with Gasteiger partial charge in [-0.05, 0) is 17.7 Å². The second-order valence-electron chi connectivity index (χ2n) is 2.31. The number of aromatic nitrogens is 1. The predicted octanol–water partition coefficient (Wildman–Crippen LogP) is -0.692. The van der Waals surface area contributed by atoms with Gasteiger partial charge in [0, 0.05) is 6.20 Å². The van der Waals surface area contributed by atoms with E-state index in [1.165, 1.54) is 0 Å². The molecule has 0 saturated carbocycles. The molecule has 0 amide bonds. The average molecular weight is 247 g/mol. The summed E-state index contributed by atoms with van der Waals surface area (Å²) < 4.78 is 35.7. The third-order valence-electron chi connectivity index (χ3n) is 1.31. The molecule has 1 heterocycles. The van der Waals surface area contributed by atoms with Gasteiger partial charge in [-0.25, -0.2) is 4.98 Å². The average Bonchev–Trinajstić information content (AvgIpc) is 2.01. The van der Waals surface area contributed by atoms with E-state index in [0.717, 1.165) is 18.3 Å². The van der Waals surface area contributed by atoms with Crippen molar-refractivity contribution in [2.24, 2.45) is 0 Å². The minimum absolute atomic E-state index is 0. The molecule has 0 fully saturated rings. The van der Waals surface area contributed by atoms with Crippen LogP contribution in [0.1, 0.15) is 10.4 Å². The number of rotatable bonds is 2. The topological polar surface area (TPSA) is 30.0 Å². The summed E-state index contributed by atoms with van der Waals surface area (Å²) in [6.45, 7) is -5.49. The number of carbonyl (C=O) groups excluding carboxylic acids is 1. The van der Waals surface area contributed by atoms with Gasteiger partial charge >= 0.3 is 58.4 Å². The summed E-state index contributed by atoms with van der Waals surface area (Å²) in [4.78, 5) is 14.1. The zero-order valence-corrected chi connectivity index (χ0v) is 11.1. The Balaban J connectivity index is 0.00000169. The van der Waals surface area contributed by atoms with E-state index >= 15 is 0 Å². The Labute approximate surface area is 126 Å². The van der Waals surface area contributed by atoms with E-state index in [1.807, 2.05) is 0 Å². The molecule has 0 aliphatic heterocycles. The first kappa shape index (κ1) is 14.6. The molecule has 0 bridgehead atoms. The summed E-state index contributed by atoms with van der Waals surface area (Å²) in [6.07, 6.45) is 1.05. The molecule has 0 unspecified atom stereocenters. The van der Waals surface area contributed by atoms with Crippen LogP contribution in [0.15, 0.2) is 18.3 Å². The summed E-state index contributed by atoms with van der Waals surface area (Å²) in [5.41, 5.74) is -2.34. The molecule has 0 radical (unpaired) electrons. The second kappa shape index (κ2) is 5.62. The molecule has 1 aromatic rings. The molecule has 0 atom stereocenters. The standard InChI is InChI=1S/C6H3BClF3NO.K/c8-5-3-4(1-2-12-5)6(13)7(9,10)11;/h1-3H;/q-1;+1. The maximum absolute atomic E-state index is 11.9. The van der Waals surface area contributed by atoms with Crippen LogP contribution in [0.4, 0.5) is 12.9 Å². The van der Waals surface area contributed by atoms with Crippen LogP contribution in [0.2, 0.25) is 5.15 Å². The van der Waals surface area contributed by atoms with E-state index in [1.54, 1.807) is 0 Å². The Morgan fingerprint density at radius 2 is 2.00 bits per heavy atom. The van der Waals surface area contributed by atoms with E-state index in [4.69, 9.17) is 11.6 Å². The largest absolute Gasteiger partial charge is 1.00 e. The summed E-state index contributed by atoms with van der Waals surface area (Å²) in [5, 5.41) is -0.133. The molecule has 8 heteroatoms. The number of carbonyl (C=O) groups is 1. The van der Waals surface area contributed by atoms with Crippen molar-refractivity contribution in [2.45, 2.75) is 0 Å². The van der Waals surface area contributed by atoms with Gasteiger partial charge in [0.15, 0.2) is 0 Å². The van der Waals surface area contributed by atoms with Gasteiger partial charge in [-0.15, -0.1) is 0 Å². The van der Waals surface area contributed by atoms with E-state index < -0.39 is 18.2 Å². The zero-order valence-electron chi connectivity index (χ0n) is 7.18. The Bertz CT molecular complexity index is 346. The molecule has 0 N–H and O–H groups in total. The Morgan fingerprint density at radius 3 is 2.43 bits per heavy atom. The van der Waals surface area contributed by atoms with Gasteiger partial charge in [-0.2, -0.15) is 0 Å². The van der Waals surface area contributed by atoms with Crippen LogP contribution in [-0.2, 0) is 0 Å². The molecule has 1 rings (SSSR count). The molecule has 0 saturated heterocycles. The minimum Gasteiger partial charge on any atom is -0.443 e. The monoisotopic (exact) mass is 247 g/mol. The van der Waals surface area contributed by atoms with Crippen molar-refractivity contribution in [2.75, 3.05) is 0 Å². The predicted molar refractivity (Wildman–Crippen MR) is 42.7 cm³/mol. The number of halogens is 4. The summed E-state index contributed by atoms with van der Waals surface area (Å²) >= 11 is 5.32. The first-order valence-electron chi connectivity index (χ1n) is 3.27. The van der Waals surface area contributed by atoms with E-state index in [0.29, 0.717) is 0 Å². The minimum atomic E-state index is -5.49. The van der Waals surface area contributed by atoms with Crippen molar-refractivity contribution in [3.8, 4) is 0 Å². The van der Waals surface area contributed by atoms with Gasteiger partial charge in [0.1, 0.15) is 10.8 Å². The van der Waals surface area contributed by atoms with Gasteiger partial charge in [-0.3, -0.25) is 0 Å². The van der Waals surface area contributed by atoms with E-state index in [2.05, 4.69) is 4.98 Å². The van der Waals surface area contributed by atoms with Crippen molar-refractivity contribution < 1.29 is 69.1 Å². The number of hydrogen-bond acceptors (Lipinski definition) is 2. The quantitative estimate of drug-likeness (QED) is 0.511. The van der Waals surface area contributed by atoms with Crippen molar-refractivity contribution in [1.29, 1.82) is 0 Å². The molecular formula is C6H3BClF3KNO. The SMILES string of the molecule is O=C(c1ccnc(Cl)c1)[B-](F)(F)F.[K+]. The third kappa shape index (κ3) is 4.00. The van der Waals surface area contributed by atoms with Crippen molar-refractivity contribution in [3.63, 3.8) is 0 Å². The van der Waals surface area contributed by atoms with Gasteiger partial charge in [0.25, 0.3) is 0 Å².